The molecule has 0 aliphatic rings. The predicted octanol–water partition coefficient (Wildman–Crippen LogP) is 2.05. The van der Waals surface area contributed by atoms with Gasteiger partial charge in [-0.3, -0.25) is 10.1 Å². The average Bonchev–Trinajstić information content (AvgIpc) is 2.94. The Morgan fingerprint density at radius 3 is 2.62 bits per heavy atom. The number of aryl methyl sites for hydroxylation is 1. The summed E-state index contributed by atoms with van der Waals surface area (Å²) in [6.45, 7) is 0. The SMILES string of the molecule is COC(=O)c1cnn(C)c1/N=[N+](/[O-])c1cc([N+](=O)[O-])ccc1OC. The summed E-state index contributed by atoms with van der Waals surface area (Å²) < 4.78 is 10.8. The normalized spacial score (nSPS) is 11.2. The summed E-state index contributed by atoms with van der Waals surface area (Å²) in [4.78, 5) is 22.0. The van der Waals surface area contributed by atoms with Gasteiger partial charge in [-0.05, 0) is 10.9 Å². The number of carbonyl (C=O) groups is 1. The summed E-state index contributed by atoms with van der Waals surface area (Å²) >= 11 is 0. The van der Waals surface area contributed by atoms with E-state index in [4.69, 9.17) is 4.74 Å². The number of nitrogens with zero attached hydrogens (tertiary/aromatic N) is 5. The number of methoxy groups -OCH3 is 2. The van der Waals surface area contributed by atoms with Crippen LogP contribution in [0.5, 0.6) is 5.75 Å². The van der Waals surface area contributed by atoms with Crippen LogP contribution in [0.2, 0.25) is 0 Å². The molecule has 0 spiro atoms. The number of azo groups is 1. The minimum absolute atomic E-state index is 0.0229. The zero-order valence-corrected chi connectivity index (χ0v) is 13.0. The molecule has 0 saturated carbocycles. The van der Waals surface area contributed by atoms with Gasteiger partial charge in [0.25, 0.3) is 11.4 Å². The number of benzene rings is 1. The number of nitro benzene ring substituents is 1. The largest absolute Gasteiger partial charge is 0.594 e. The second-order valence-electron chi connectivity index (χ2n) is 4.48. The number of esters is 1. The summed E-state index contributed by atoms with van der Waals surface area (Å²) in [6.07, 6.45) is 1.20. The lowest BCUT2D eigenvalue weighted by molar-refractivity contribution is -0.438. The third-order valence-electron chi connectivity index (χ3n) is 3.08. The Hall–Kier alpha value is -3.50. The summed E-state index contributed by atoms with van der Waals surface area (Å²) in [5, 5.41) is 30.8. The van der Waals surface area contributed by atoms with Gasteiger partial charge in [0.2, 0.25) is 5.82 Å². The number of aromatic nitrogens is 2. The molecule has 2 aromatic rings. The molecule has 0 radical (unpaired) electrons. The molecule has 1 aromatic heterocycles. The second kappa shape index (κ2) is 6.73. The Balaban J connectivity index is 2.56. The van der Waals surface area contributed by atoms with E-state index in [1.807, 2.05) is 0 Å². The van der Waals surface area contributed by atoms with Crippen LogP contribution in [-0.2, 0) is 11.8 Å². The highest BCUT2D eigenvalue weighted by Crippen LogP contribution is 2.32. The summed E-state index contributed by atoms with van der Waals surface area (Å²) in [7, 11) is 3.96. The van der Waals surface area contributed by atoms with Crippen LogP contribution in [0, 0.1) is 15.3 Å². The fourth-order valence-corrected chi connectivity index (χ4v) is 1.88. The van der Waals surface area contributed by atoms with Crippen molar-refractivity contribution in [2.75, 3.05) is 14.2 Å². The van der Waals surface area contributed by atoms with E-state index in [0.29, 0.717) is 0 Å². The van der Waals surface area contributed by atoms with Crippen LogP contribution in [0.15, 0.2) is 29.5 Å². The van der Waals surface area contributed by atoms with Crippen molar-refractivity contribution in [3.63, 3.8) is 0 Å². The molecule has 0 atom stereocenters. The zero-order chi connectivity index (χ0) is 17.9. The van der Waals surface area contributed by atoms with Crippen molar-refractivity contribution < 1.29 is 24.1 Å². The first-order valence-corrected chi connectivity index (χ1v) is 6.50. The van der Waals surface area contributed by atoms with Gasteiger partial charge in [0.15, 0.2) is 5.75 Å². The summed E-state index contributed by atoms with van der Waals surface area (Å²) in [5.74, 6) is -0.701. The molecule has 1 aromatic carbocycles. The first-order valence-electron chi connectivity index (χ1n) is 6.50. The van der Waals surface area contributed by atoms with Crippen LogP contribution < -0.4 is 4.74 Å². The molecule has 24 heavy (non-hydrogen) atoms. The van der Waals surface area contributed by atoms with Gasteiger partial charge in [-0.2, -0.15) is 5.10 Å². The molecule has 2 rings (SSSR count). The lowest BCUT2D eigenvalue weighted by Crippen LogP contribution is -2.03. The van der Waals surface area contributed by atoms with E-state index in [1.54, 1.807) is 0 Å². The molecule has 0 fully saturated rings. The van der Waals surface area contributed by atoms with Gasteiger partial charge in [-0.15, -0.1) is 0 Å². The average molecular weight is 335 g/mol. The number of hydrogen-bond donors (Lipinski definition) is 0. The third kappa shape index (κ3) is 3.14. The van der Waals surface area contributed by atoms with Crippen molar-refractivity contribution >= 4 is 23.2 Å². The van der Waals surface area contributed by atoms with Crippen LogP contribution in [0.4, 0.5) is 17.2 Å². The van der Waals surface area contributed by atoms with Crippen LogP contribution in [-0.4, -0.2) is 39.8 Å². The van der Waals surface area contributed by atoms with Crippen molar-refractivity contribution in [1.29, 1.82) is 0 Å². The monoisotopic (exact) mass is 335 g/mol. The number of nitro groups is 1. The van der Waals surface area contributed by atoms with Crippen molar-refractivity contribution in [3.05, 3.63) is 45.3 Å². The van der Waals surface area contributed by atoms with Crippen LogP contribution in [0.1, 0.15) is 10.4 Å². The van der Waals surface area contributed by atoms with E-state index in [1.165, 1.54) is 44.3 Å². The molecule has 0 unspecified atom stereocenters. The van der Waals surface area contributed by atoms with Gasteiger partial charge < -0.3 is 14.7 Å². The molecule has 11 heteroatoms. The molecular weight excluding hydrogens is 322 g/mol. The number of ether oxygens (including phenoxy) is 2. The zero-order valence-electron chi connectivity index (χ0n) is 13.0. The molecule has 0 aliphatic carbocycles. The van der Waals surface area contributed by atoms with E-state index in [0.717, 1.165) is 6.07 Å². The van der Waals surface area contributed by atoms with Gasteiger partial charge in [-0.25, -0.2) is 9.48 Å². The Bertz CT molecular complexity index is 828. The highest BCUT2D eigenvalue weighted by atomic mass is 16.6. The van der Waals surface area contributed by atoms with Crippen LogP contribution in [0.3, 0.4) is 0 Å². The van der Waals surface area contributed by atoms with E-state index < -0.39 is 10.9 Å². The lowest BCUT2D eigenvalue weighted by atomic mass is 10.2. The Labute approximate surface area is 135 Å². The third-order valence-corrected chi connectivity index (χ3v) is 3.08. The maximum atomic E-state index is 12.3. The Morgan fingerprint density at radius 1 is 1.33 bits per heavy atom. The Kier molecular flexibility index (Phi) is 4.73. The fraction of sp³-hybridized carbons (Fsp3) is 0.231. The predicted molar refractivity (Wildman–Crippen MR) is 79.6 cm³/mol. The minimum Gasteiger partial charge on any atom is -0.594 e. The molecular formula is C13H13N5O6. The van der Waals surface area contributed by atoms with Crippen molar-refractivity contribution in [2.45, 2.75) is 0 Å². The standard InChI is InChI=1S/C13H13N5O6/c1-16-12(9(7-14-16)13(19)24-3)15-17(20)10-6-8(18(21)22)4-5-11(10)23-2/h4-7H,1-3H3/b17-15+. The summed E-state index contributed by atoms with van der Waals surface area (Å²) in [6, 6.07) is 3.49. The second-order valence-corrected chi connectivity index (χ2v) is 4.48. The molecule has 0 N–H and O–H groups in total. The molecule has 0 aliphatic heterocycles. The highest BCUT2D eigenvalue weighted by Gasteiger charge is 2.23. The van der Waals surface area contributed by atoms with Gasteiger partial charge in [-0.1, -0.05) is 0 Å². The lowest BCUT2D eigenvalue weighted by Gasteiger charge is -2.05. The molecule has 1 heterocycles. The van der Waals surface area contributed by atoms with Crippen molar-refractivity contribution in [1.82, 2.24) is 9.78 Å². The van der Waals surface area contributed by atoms with Crippen molar-refractivity contribution in [2.24, 2.45) is 12.2 Å². The fourth-order valence-electron chi connectivity index (χ4n) is 1.88. The first-order chi connectivity index (χ1) is 11.4. The van der Waals surface area contributed by atoms with Crippen LogP contribution >= 0.6 is 0 Å². The first kappa shape index (κ1) is 16.9. The van der Waals surface area contributed by atoms with Gasteiger partial charge in [0.05, 0.1) is 31.4 Å². The molecule has 0 amide bonds. The number of carbonyl (C=O) groups excluding carboxylic acids is 1. The number of rotatable bonds is 5. The van der Waals surface area contributed by atoms with Gasteiger partial charge in [0, 0.05) is 18.2 Å². The quantitative estimate of drug-likeness (QED) is 0.268. The summed E-state index contributed by atoms with van der Waals surface area (Å²) in [5.41, 5.74) is -0.519. The van der Waals surface area contributed by atoms with Gasteiger partial charge >= 0.3 is 5.97 Å². The van der Waals surface area contributed by atoms with Crippen molar-refractivity contribution in [3.8, 4) is 5.75 Å². The van der Waals surface area contributed by atoms with E-state index >= 15 is 0 Å². The maximum Gasteiger partial charge on any atom is 0.343 e. The molecule has 11 nitrogen and oxygen atoms in total. The smallest absolute Gasteiger partial charge is 0.343 e. The molecule has 0 bridgehead atoms. The number of hydrogen-bond acceptors (Lipinski definition) is 8. The van der Waals surface area contributed by atoms with E-state index in [2.05, 4.69) is 14.9 Å². The highest BCUT2D eigenvalue weighted by molar-refractivity contribution is 5.93. The molecule has 126 valence electrons. The Morgan fingerprint density at radius 2 is 2.04 bits per heavy atom. The van der Waals surface area contributed by atoms with E-state index in [9.17, 15) is 20.1 Å². The molecule has 0 saturated heterocycles. The maximum absolute atomic E-state index is 12.3. The van der Waals surface area contributed by atoms with Gasteiger partial charge in [0.1, 0.15) is 5.56 Å². The minimum atomic E-state index is -0.721. The topological polar surface area (TPSA) is 135 Å². The van der Waals surface area contributed by atoms with Crippen LogP contribution in [0.25, 0.3) is 0 Å². The number of non-ortho nitro benzene ring substituents is 1. The van der Waals surface area contributed by atoms with E-state index in [-0.39, 0.29) is 33.4 Å².